The molecule has 0 aliphatic heterocycles. The molecule has 0 amide bonds. The molecule has 0 bridgehead atoms. The third kappa shape index (κ3) is 7.00. The molecular weight excluding hydrogens is 402 g/mol. The van der Waals surface area contributed by atoms with Crippen LogP contribution in [0.3, 0.4) is 0 Å². The number of aliphatic carboxylic acids is 1. The van der Waals surface area contributed by atoms with Gasteiger partial charge in [0.2, 0.25) is 0 Å². The first-order chi connectivity index (χ1) is 14.9. The summed E-state index contributed by atoms with van der Waals surface area (Å²) in [6.07, 6.45) is 4.98. The number of methoxy groups -OCH3 is 2. The van der Waals surface area contributed by atoms with Crippen molar-refractivity contribution in [2.45, 2.75) is 44.4 Å². The highest BCUT2D eigenvalue weighted by molar-refractivity contribution is 5.68. The van der Waals surface area contributed by atoms with Gasteiger partial charge < -0.3 is 29.2 Å². The van der Waals surface area contributed by atoms with Gasteiger partial charge in [-0.1, -0.05) is 12.1 Å². The van der Waals surface area contributed by atoms with E-state index in [1.807, 2.05) is 12.1 Å². The van der Waals surface area contributed by atoms with Crippen LogP contribution in [0.1, 0.15) is 30.4 Å². The fourth-order valence-electron chi connectivity index (χ4n) is 4.88. The van der Waals surface area contributed by atoms with Gasteiger partial charge in [0, 0.05) is 14.2 Å². The van der Waals surface area contributed by atoms with Gasteiger partial charge in [-0.05, 0) is 74.1 Å². The second kappa shape index (κ2) is 12.8. The maximum atomic E-state index is 10.8. The fraction of sp³-hybridized carbons (Fsp3) is 0.652. The quantitative estimate of drug-likeness (QED) is 0.374. The number of nitrogens with one attached hydrogen (secondary N) is 1. The second-order valence-electron chi connectivity index (χ2n) is 8.09. The van der Waals surface area contributed by atoms with Gasteiger partial charge in [0.15, 0.2) is 6.61 Å². The summed E-state index contributed by atoms with van der Waals surface area (Å²) in [6.45, 7) is -0.101. The van der Waals surface area contributed by atoms with Gasteiger partial charge in [0.1, 0.15) is 24.9 Å². The molecule has 0 heterocycles. The summed E-state index contributed by atoms with van der Waals surface area (Å²) in [5, 5.41) is 21.6. The van der Waals surface area contributed by atoms with Gasteiger partial charge in [0.05, 0.1) is 6.10 Å². The number of hydrogen-bond acceptors (Lipinski definition) is 7. The van der Waals surface area contributed by atoms with Crippen molar-refractivity contribution >= 4 is 12.3 Å². The Hall–Kier alpha value is -2.00. The van der Waals surface area contributed by atoms with Crippen LogP contribution in [0.15, 0.2) is 18.2 Å². The molecule has 1 saturated carbocycles. The van der Waals surface area contributed by atoms with E-state index in [0.29, 0.717) is 29.8 Å². The van der Waals surface area contributed by atoms with E-state index >= 15 is 0 Å². The Morgan fingerprint density at radius 3 is 2.68 bits per heavy atom. The largest absolute Gasteiger partial charge is 0.482 e. The molecule has 2 aliphatic carbocycles. The van der Waals surface area contributed by atoms with Crippen LogP contribution in [0.4, 0.5) is 0 Å². The molecule has 0 saturated heterocycles. The zero-order valence-corrected chi connectivity index (χ0v) is 18.6. The van der Waals surface area contributed by atoms with Gasteiger partial charge in [-0.15, -0.1) is 0 Å². The molecule has 8 nitrogen and oxygen atoms in total. The molecule has 8 heteroatoms. The number of ether oxygens (including phenoxy) is 3. The first-order valence-corrected chi connectivity index (χ1v) is 10.7. The molecule has 0 spiro atoms. The van der Waals surface area contributed by atoms with E-state index in [1.165, 1.54) is 12.7 Å². The Balaban J connectivity index is 0.000000614. The number of aldehydes is 1. The summed E-state index contributed by atoms with van der Waals surface area (Å²) in [4.78, 5) is 20.1. The lowest BCUT2D eigenvalue weighted by molar-refractivity contribution is -0.139. The average Bonchev–Trinajstić information content (AvgIpc) is 3.11. The minimum absolute atomic E-state index is 0.208. The van der Waals surface area contributed by atoms with E-state index in [4.69, 9.17) is 14.6 Å². The monoisotopic (exact) mass is 437 g/mol. The maximum Gasteiger partial charge on any atom is 0.341 e. The van der Waals surface area contributed by atoms with Crippen molar-refractivity contribution in [3.8, 4) is 5.75 Å². The highest BCUT2D eigenvalue weighted by atomic mass is 16.5. The van der Waals surface area contributed by atoms with Crippen molar-refractivity contribution in [3.63, 3.8) is 0 Å². The van der Waals surface area contributed by atoms with Crippen molar-refractivity contribution in [3.05, 3.63) is 29.3 Å². The lowest BCUT2D eigenvalue weighted by Gasteiger charge is -2.32. The topological polar surface area (TPSA) is 114 Å². The van der Waals surface area contributed by atoms with Crippen LogP contribution in [-0.4, -0.2) is 69.3 Å². The molecule has 1 aromatic rings. The van der Waals surface area contributed by atoms with Gasteiger partial charge >= 0.3 is 5.97 Å². The molecule has 174 valence electrons. The number of aliphatic hydroxyl groups excluding tert-OH is 1. The lowest BCUT2D eigenvalue weighted by atomic mass is 9.73. The highest BCUT2D eigenvalue weighted by Crippen LogP contribution is 2.49. The first-order valence-electron chi connectivity index (χ1n) is 10.7. The molecule has 5 atom stereocenters. The number of benzene rings is 1. The first kappa shape index (κ1) is 25.3. The second-order valence-corrected chi connectivity index (χ2v) is 8.09. The lowest BCUT2D eigenvalue weighted by Crippen LogP contribution is -2.30. The number of carboxylic acid groups (broad SMARTS) is 1. The number of hydrogen-bond donors (Lipinski definition) is 3. The number of carbonyl (C=O) groups is 2. The molecule has 3 rings (SSSR count). The zero-order chi connectivity index (χ0) is 22.8. The predicted molar refractivity (Wildman–Crippen MR) is 115 cm³/mol. The Morgan fingerprint density at radius 2 is 2.10 bits per heavy atom. The standard InChI is InChI=1S/C20H29NO5.C3H6O2/c1-21-19(22)7-6-14-15-8-12-4-3-5-17(26-11-20(23)24)16(12)9-13(15)10-18(14)25-2;1-5-3-2-4/h3-5,13-15,18-19,21-22H,6-11H2,1-2H3,(H,23,24);2H,3H2,1H3/t13?,14?,15?,18-,19?;/m1./s1. The van der Waals surface area contributed by atoms with Crippen LogP contribution >= 0.6 is 0 Å². The zero-order valence-electron chi connectivity index (χ0n) is 18.6. The van der Waals surface area contributed by atoms with Crippen LogP contribution in [0.5, 0.6) is 5.75 Å². The van der Waals surface area contributed by atoms with E-state index in [9.17, 15) is 14.7 Å². The highest BCUT2D eigenvalue weighted by Gasteiger charge is 2.45. The van der Waals surface area contributed by atoms with E-state index in [2.05, 4.69) is 16.1 Å². The third-order valence-corrected chi connectivity index (χ3v) is 6.32. The summed E-state index contributed by atoms with van der Waals surface area (Å²) >= 11 is 0. The molecule has 0 radical (unpaired) electrons. The van der Waals surface area contributed by atoms with E-state index < -0.39 is 12.2 Å². The molecule has 4 unspecified atom stereocenters. The van der Waals surface area contributed by atoms with Crippen LogP contribution in [-0.2, 0) is 31.9 Å². The fourth-order valence-corrected chi connectivity index (χ4v) is 4.88. The molecule has 1 aromatic carbocycles. The minimum Gasteiger partial charge on any atom is -0.482 e. The Morgan fingerprint density at radius 1 is 1.32 bits per heavy atom. The molecule has 2 aliphatic rings. The van der Waals surface area contributed by atoms with E-state index in [-0.39, 0.29) is 19.3 Å². The van der Waals surface area contributed by atoms with Gasteiger partial charge in [-0.25, -0.2) is 4.79 Å². The summed E-state index contributed by atoms with van der Waals surface area (Å²) in [5.74, 6) is 1.22. The molecule has 1 fully saturated rings. The van der Waals surface area contributed by atoms with Gasteiger partial charge in [-0.3, -0.25) is 5.32 Å². The van der Waals surface area contributed by atoms with Crippen molar-refractivity contribution in [2.24, 2.45) is 17.8 Å². The summed E-state index contributed by atoms with van der Waals surface area (Å²) in [5.41, 5.74) is 2.41. The Labute approximate surface area is 183 Å². The van der Waals surface area contributed by atoms with Crippen LogP contribution in [0.25, 0.3) is 0 Å². The molecule has 3 N–H and O–H groups in total. The normalized spacial score (nSPS) is 24.9. The van der Waals surface area contributed by atoms with Crippen molar-refractivity contribution < 1.29 is 34.0 Å². The van der Waals surface area contributed by atoms with Crippen LogP contribution in [0, 0.1) is 17.8 Å². The SMILES string of the molecule is CNC(O)CCC1C2Cc3cccc(OCC(=O)O)c3CC2C[C@H]1OC.COCC=O. The van der Waals surface area contributed by atoms with Crippen molar-refractivity contribution in [1.29, 1.82) is 0 Å². The van der Waals surface area contributed by atoms with Gasteiger partial charge in [-0.2, -0.15) is 0 Å². The van der Waals surface area contributed by atoms with Crippen molar-refractivity contribution in [2.75, 3.05) is 34.5 Å². The van der Waals surface area contributed by atoms with Gasteiger partial charge in [0.25, 0.3) is 0 Å². The number of rotatable bonds is 10. The van der Waals surface area contributed by atoms with E-state index in [1.54, 1.807) is 14.2 Å². The maximum absolute atomic E-state index is 10.8. The summed E-state index contributed by atoms with van der Waals surface area (Å²) in [7, 11) is 5.03. The number of carboxylic acids is 1. The molecular formula is C23H35NO7. The van der Waals surface area contributed by atoms with Crippen LogP contribution < -0.4 is 10.1 Å². The molecule has 0 aromatic heterocycles. The van der Waals surface area contributed by atoms with Crippen molar-refractivity contribution in [1.82, 2.24) is 5.32 Å². The third-order valence-electron chi connectivity index (χ3n) is 6.32. The number of aliphatic hydroxyl groups is 1. The summed E-state index contributed by atoms with van der Waals surface area (Å²) in [6, 6.07) is 5.93. The van der Waals surface area contributed by atoms with E-state index in [0.717, 1.165) is 37.7 Å². The smallest absolute Gasteiger partial charge is 0.341 e. The van der Waals surface area contributed by atoms with Crippen LogP contribution in [0.2, 0.25) is 0 Å². The average molecular weight is 438 g/mol. The Kier molecular flexibility index (Phi) is 10.4. The summed E-state index contributed by atoms with van der Waals surface area (Å²) < 4.78 is 15.6. The number of fused-ring (bicyclic) bond motifs is 2. The Bertz CT molecular complexity index is 711. The number of carbonyl (C=O) groups excluding carboxylic acids is 1. The molecule has 31 heavy (non-hydrogen) atoms. The predicted octanol–water partition coefficient (Wildman–Crippen LogP) is 1.67. The minimum atomic E-state index is -0.959.